The van der Waals surface area contributed by atoms with Crippen LogP contribution in [0, 0.1) is 23.7 Å². The van der Waals surface area contributed by atoms with Gasteiger partial charge in [0.2, 0.25) is 0 Å². The van der Waals surface area contributed by atoms with Crippen molar-refractivity contribution in [1.82, 2.24) is 0 Å². The lowest BCUT2D eigenvalue weighted by Crippen LogP contribution is -2.58. The van der Waals surface area contributed by atoms with Gasteiger partial charge in [-0.3, -0.25) is 14.4 Å². The summed E-state index contributed by atoms with van der Waals surface area (Å²) < 4.78 is 9.35. The number of aliphatic hydroxyl groups is 1. The zero-order valence-electron chi connectivity index (χ0n) is 10.3. The molecule has 3 rings (SSSR count). The van der Waals surface area contributed by atoms with Crippen molar-refractivity contribution >= 4 is 17.7 Å². The zero-order valence-corrected chi connectivity index (χ0v) is 10.3. The van der Waals surface area contributed by atoms with Crippen LogP contribution >= 0.6 is 0 Å². The highest BCUT2D eigenvalue weighted by atomic mass is 16.5. The Hall–Kier alpha value is -1.43. The maximum atomic E-state index is 11.9. The fraction of sp³-hybridized carbons (Fsp3) is 0.750. The van der Waals surface area contributed by atoms with Crippen LogP contribution in [0.25, 0.3) is 0 Å². The quantitative estimate of drug-likeness (QED) is 0.672. The molecule has 2 bridgehead atoms. The van der Waals surface area contributed by atoms with E-state index in [1.54, 1.807) is 0 Å². The number of Topliss-reactive ketones (excluding diaryl/α,β-unsaturated/α-hetero) is 1. The largest absolute Gasteiger partial charge is 0.469 e. The van der Waals surface area contributed by atoms with E-state index in [0.717, 1.165) is 0 Å². The lowest BCUT2D eigenvalue weighted by molar-refractivity contribution is -0.181. The Labute approximate surface area is 104 Å². The van der Waals surface area contributed by atoms with Gasteiger partial charge in [0.25, 0.3) is 0 Å². The molecule has 5 atom stereocenters. The molecule has 0 aromatic heterocycles. The van der Waals surface area contributed by atoms with Crippen molar-refractivity contribution in [2.75, 3.05) is 14.2 Å². The minimum absolute atomic E-state index is 0.359. The minimum atomic E-state index is -1.17. The van der Waals surface area contributed by atoms with Gasteiger partial charge < -0.3 is 14.6 Å². The van der Waals surface area contributed by atoms with E-state index in [9.17, 15) is 19.5 Å². The van der Waals surface area contributed by atoms with Crippen LogP contribution in [0.2, 0.25) is 0 Å². The third-order valence-corrected chi connectivity index (χ3v) is 4.10. The number of hydrogen-bond acceptors (Lipinski definition) is 6. The van der Waals surface area contributed by atoms with Crippen molar-refractivity contribution in [3.63, 3.8) is 0 Å². The van der Waals surface area contributed by atoms with Crippen molar-refractivity contribution in [1.29, 1.82) is 0 Å². The number of methoxy groups -OCH3 is 2. The summed E-state index contributed by atoms with van der Waals surface area (Å²) in [5, 5.41) is 9.85. The van der Waals surface area contributed by atoms with Gasteiger partial charge in [-0.15, -0.1) is 0 Å². The van der Waals surface area contributed by atoms with Gasteiger partial charge in [-0.1, -0.05) is 0 Å². The summed E-state index contributed by atoms with van der Waals surface area (Å²) in [5.74, 6) is -4.29. The molecule has 0 aliphatic heterocycles. The number of rotatable bonds is 2. The van der Waals surface area contributed by atoms with Crippen LogP contribution in [0.5, 0.6) is 0 Å². The van der Waals surface area contributed by atoms with Gasteiger partial charge in [0.1, 0.15) is 6.10 Å². The van der Waals surface area contributed by atoms with Crippen molar-refractivity contribution in [2.45, 2.75) is 18.9 Å². The Morgan fingerprint density at radius 3 is 2.22 bits per heavy atom. The van der Waals surface area contributed by atoms with E-state index in [1.807, 2.05) is 0 Å². The summed E-state index contributed by atoms with van der Waals surface area (Å²) in [6, 6.07) is 0. The number of hydrogen-bond donors (Lipinski definition) is 1. The number of aliphatic hydroxyl groups excluding tert-OH is 1. The molecule has 3 aliphatic rings. The number of esters is 2. The fourth-order valence-electron chi connectivity index (χ4n) is 3.26. The Morgan fingerprint density at radius 2 is 1.67 bits per heavy atom. The van der Waals surface area contributed by atoms with Crippen LogP contribution in [0.1, 0.15) is 12.8 Å². The number of ketones is 1. The monoisotopic (exact) mass is 256 g/mol. The van der Waals surface area contributed by atoms with E-state index in [2.05, 4.69) is 9.47 Å². The molecular weight excluding hydrogens is 240 g/mol. The van der Waals surface area contributed by atoms with E-state index in [0.29, 0.717) is 12.8 Å². The standard InChI is InChI=1S/C12H16O6/c1-17-11(15)7-5-3-4-6(10(14)9(5)13)8(7)12(16)18-2/h5-9,13H,3-4H2,1-2H3/t5-,6+,7-,8+,9?/m1/s1. The predicted octanol–water partition coefficient (Wildman–Crippen LogP) is -0.465. The third-order valence-electron chi connectivity index (χ3n) is 4.10. The van der Waals surface area contributed by atoms with Gasteiger partial charge in [0.15, 0.2) is 5.78 Å². The molecule has 0 aromatic carbocycles. The lowest BCUT2D eigenvalue weighted by atomic mass is 9.56. The maximum absolute atomic E-state index is 11.9. The van der Waals surface area contributed by atoms with Crippen molar-refractivity contribution in [2.24, 2.45) is 23.7 Å². The highest BCUT2D eigenvalue weighted by Crippen LogP contribution is 2.48. The van der Waals surface area contributed by atoms with Gasteiger partial charge in [-0.2, -0.15) is 0 Å². The third kappa shape index (κ3) is 1.71. The Morgan fingerprint density at radius 1 is 1.11 bits per heavy atom. The van der Waals surface area contributed by atoms with Crippen LogP contribution in [-0.4, -0.2) is 43.2 Å². The molecule has 0 aromatic rings. The second kappa shape index (κ2) is 4.68. The topological polar surface area (TPSA) is 89.9 Å². The molecule has 6 heteroatoms. The summed E-state index contributed by atoms with van der Waals surface area (Å²) in [6.45, 7) is 0. The zero-order chi connectivity index (χ0) is 13.4. The number of ether oxygens (including phenoxy) is 2. The molecule has 0 amide bonds. The summed E-state index contributed by atoms with van der Waals surface area (Å²) in [4.78, 5) is 35.4. The summed E-state index contributed by atoms with van der Waals surface area (Å²) in [5.41, 5.74) is 0. The first-order chi connectivity index (χ1) is 8.52. The average Bonchev–Trinajstić information content (AvgIpc) is 2.41. The molecule has 6 nitrogen and oxygen atoms in total. The molecule has 18 heavy (non-hydrogen) atoms. The summed E-state index contributed by atoms with van der Waals surface area (Å²) >= 11 is 0. The molecule has 0 radical (unpaired) electrons. The van der Waals surface area contributed by atoms with Gasteiger partial charge >= 0.3 is 11.9 Å². The first-order valence-corrected chi connectivity index (χ1v) is 5.90. The molecule has 0 spiro atoms. The highest BCUT2D eigenvalue weighted by Gasteiger charge is 2.59. The fourth-order valence-corrected chi connectivity index (χ4v) is 3.26. The van der Waals surface area contributed by atoms with Crippen LogP contribution in [-0.2, 0) is 23.9 Å². The second-order valence-corrected chi connectivity index (χ2v) is 4.79. The van der Waals surface area contributed by atoms with E-state index >= 15 is 0 Å². The van der Waals surface area contributed by atoms with E-state index in [1.165, 1.54) is 14.2 Å². The Kier molecular flexibility index (Phi) is 3.38. The second-order valence-electron chi connectivity index (χ2n) is 4.79. The van der Waals surface area contributed by atoms with Gasteiger partial charge in [-0.05, 0) is 12.8 Å². The van der Waals surface area contributed by atoms with Crippen LogP contribution in [0.4, 0.5) is 0 Å². The summed E-state index contributed by atoms with van der Waals surface area (Å²) in [7, 11) is 2.45. The SMILES string of the molecule is COC(=O)[C@@H]1[C@H](C(=O)OC)[C@H]2CC[C@@H]1C(=O)C2O. The van der Waals surface area contributed by atoms with Gasteiger partial charge in [-0.25, -0.2) is 0 Å². The molecule has 1 unspecified atom stereocenters. The van der Waals surface area contributed by atoms with E-state index < -0.39 is 41.7 Å². The number of carbonyl (C=O) groups excluding carboxylic acids is 3. The Balaban J connectivity index is 2.38. The average molecular weight is 256 g/mol. The number of carbonyl (C=O) groups is 3. The lowest BCUT2D eigenvalue weighted by Gasteiger charge is -2.46. The molecule has 3 aliphatic carbocycles. The molecule has 3 saturated carbocycles. The molecule has 1 N–H and O–H groups in total. The smallest absolute Gasteiger partial charge is 0.310 e. The van der Waals surface area contributed by atoms with Crippen molar-refractivity contribution < 1.29 is 29.0 Å². The normalized spacial score (nSPS) is 38.4. The first kappa shape index (κ1) is 13.0. The number of fused-ring (bicyclic) bond motifs is 3. The first-order valence-electron chi connectivity index (χ1n) is 5.90. The minimum Gasteiger partial charge on any atom is -0.469 e. The van der Waals surface area contributed by atoms with Crippen molar-refractivity contribution in [3.05, 3.63) is 0 Å². The maximum Gasteiger partial charge on any atom is 0.310 e. The Bertz CT molecular complexity index is 390. The summed E-state index contributed by atoms with van der Waals surface area (Å²) in [6.07, 6.45) is -0.118. The van der Waals surface area contributed by atoms with E-state index in [-0.39, 0.29) is 5.78 Å². The van der Waals surface area contributed by atoms with Crippen molar-refractivity contribution in [3.8, 4) is 0 Å². The van der Waals surface area contributed by atoms with Crippen LogP contribution < -0.4 is 0 Å². The highest BCUT2D eigenvalue weighted by molar-refractivity contribution is 5.95. The van der Waals surface area contributed by atoms with E-state index in [4.69, 9.17) is 0 Å². The molecule has 3 fully saturated rings. The molecule has 0 heterocycles. The van der Waals surface area contributed by atoms with Crippen LogP contribution in [0.15, 0.2) is 0 Å². The molecular formula is C12H16O6. The van der Waals surface area contributed by atoms with Gasteiger partial charge in [0.05, 0.1) is 26.1 Å². The predicted molar refractivity (Wildman–Crippen MR) is 58.2 cm³/mol. The van der Waals surface area contributed by atoms with Crippen LogP contribution in [0.3, 0.4) is 0 Å². The van der Waals surface area contributed by atoms with Gasteiger partial charge in [0, 0.05) is 11.8 Å². The molecule has 100 valence electrons. The molecule has 0 saturated heterocycles.